The largest absolute Gasteiger partial charge is 0.398 e. The Morgan fingerprint density at radius 1 is 1.43 bits per heavy atom. The highest BCUT2D eigenvalue weighted by atomic mass is 32.1. The van der Waals surface area contributed by atoms with Crippen molar-refractivity contribution in [1.29, 1.82) is 0 Å². The quantitative estimate of drug-likeness (QED) is 0.488. The van der Waals surface area contributed by atoms with Crippen LogP contribution in [0.1, 0.15) is 24.3 Å². The number of nitrogen functional groups attached to an aromatic ring is 1. The van der Waals surface area contributed by atoms with Gasteiger partial charge in [-0.15, -0.1) is 12.6 Å². The summed E-state index contributed by atoms with van der Waals surface area (Å²) < 4.78 is 0. The fourth-order valence-corrected chi connectivity index (χ4v) is 2.17. The van der Waals surface area contributed by atoms with Crippen molar-refractivity contribution in [3.8, 4) is 0 Å². The number of nitrogens with two attached hydrogens (primary N) is 1. The van der Waals surface area contributed by atoms with Gasteiger partial charge in [-0.2, -0.15) is 0 Å². The summed E-state index contributed by atoms with van der Waals surface area (Å²) in [7, 11) is 0. The Morgan fingerprint density at radius 3 is 2.93 bits per heavy atom. The smallest absolute Gasteiger partial charge is 0.0449 e. The van der Waals surface area contributed by atoms with Crippen molar-refractivity contribution in [3.05, 3.63) is 23.8 Å². The van der Waals surface area contributed by atoms with Gasteiger partial charge in [-0.1, -0.05) is 6.07 Å². The van der Waals surface area contributed by atoms with Crippen molar-refractivity contribution in [2.45, 2.75) is 23.7 Å². The van der Waals surface area contributed by atoms with E-state index in [1.165, 1.54) is 18.4 Å². The van der Waals surface area contributed by atoms with Crippen LogP contribution in [-0.2, 0) is 0 Å². The fraction of sp³-hybridized carbons (Fsp3) is 0.455. The van der Waals surface area contributed by atoms with Gasteiger partial charge < -0.3 is 11.1 Å². The summed E-state index contributed by atoms with van der Waals surface area (Å²) in [5.41, 5.74) is 7.85. The van der Waals surface area contributed by atoms with Gasteiger partial charge in [0.1, 0.15) is 0 Å². The second-order valence-corrected chi connectivity index (χ2v) is 4.34. The van der Waals surface area contributed by atoms with Crippen LogP contribution in [0.3, 0.4) is 0 Å². The highest BCUT2D eigenvalue weighted by Crippen LogP contribution is 2.27. The van der Waals surface area contributed by atoms with Crippen molar-refractivity contribution >= 4 is 18.3 Å². The van der Waals surface area contributed by atoms with Gasteiger partial charge in [0.15, 0.2) is 0 Å². The summed E-state index contributed by atoms with van der Waals surface area (Å²) in [5, 5.41) is 3.41. The molecule has 3 heteroatoms. The molecule has 2 nitrogen and oxygen atoms in total. The first-order chi connectivity index (χ1) is 6.77. The van der Waals surface area contributed by atoms with E-state index in [1.54, 1.807) is 0 Å². The van der Waals surface area contributed by atoms with Crippen LogP contribution >= 0.6 is 12.6 Å². The summed E-state index contributed by atoms with van der Waals surface area (Å²) in [6, 6.07) is 6.16. The molecule has 1 saturated heterocycles. The summed E-state index contributed by atoms with van der Waals surface area (Å²) in [5.74, 6) is 0.634. The lowest BCUT2D eigenvalue weighted by Gasteiger charge is -2.23. The number of rotatable bonds is 1. The Hall–Kier alpha value is -0.670. The molecule has 76 valence electrons. The molecule has 3 N–H and O–H groups in total. The SMILES string of the molecule is Nc1ccc(C2CCCNC2)cc1S. The summed E-state index contributed by atoms with van der Waals surface area (Å²) in [6.45, 7) is 2.23. The van der Waals surface area contributed by atoms with Crippen LogP contribution in [0.2, 0.25) is 0 Å². The molecule has 1 aliphatic heterocycles. The Kier molecular flexibility index (Phi) is 2.99. The highest BCUT2D eigenvalue weighted by Gasteiger charge is 2.15. The number of anilines is 1. The van der Waals surface area contributed by atoms with Crippen molar-refractivity contribution in [2.24, 2.45) is 0 Å². The lowest BCUT2D eigenvalue weighted by atomic mass is 9.92. The zero-order valence-corrected chi connectivity index (χ0v) is 9.06. The third kappa shape index (κ3) is 2.04. The summed E-state index contributed by atoms with van der Waals surface area (Å²) in [4.78, 5) is 0.896. The molecule has 0 radical (unpaired) electrons. The van der Waals surface area contributed by atoms with Gasteiger partial charge in [-0.25, -0.2) is 0 Å². The van der Waals surface area contributed by atoms with Crippen LogP contribution in [-0.4, -0.2) is 13.1 Å². The van der Waals surface area contributed by atoms with Crippen LogP contribution in [0, 0.1) is 0 Å². The number of hydrogen-bond acceptors (Lipinski definition) is 3. The molecule has 14 heavy (non-hydrogen) atoms. The minimum atomic E-state index is 0.634. The Balaban J connectivity index is 2.18. The van der Waals surface area contributed by atoms with Crippen LogP contribution in [0.4, 0.5) is 5.69 Å². The number of hydrogen-bond donors (Lipinski definition) is 3. The lowest BCUT2D eigenvalue weighted by Crippen LogP contribution is -2.28. The monoisotopic (exact) mass is 208 g/mol. The van der Waals surface area contributed by atoms with E-state index in [9.17, 15) is 0 Å². The van der Waals surface area contributed by atoms with E-state index in [1.807, 2.05) is 6.07 Å². The van der Waals surface area contributed by atoms with Crippen molar-refractivity contribution in [2.75, 3.05) is 18.8 Å². The molecule has 2 rings (SSSR count). The highest BCUT2D eigenvalue weighted by molar-refractivity contribution is 7.80. The summed E-state index contributed by atoms with van der Waals surface area (Å²) in [6.07, 6.45) is 2.53. The molecule has 0 saturated carbocycles. The molecular weight excluding hydrogens is 192 g/mol. The Bertz CT molecular complexity index is 319. The fourth-order valence-electron chi connectivity index (χ4n) is 1.95. The van der Waals surface area contributed by atoms with Crippen LogP contribution in [0.25, 0.3) is 0 Å². The standard InChI is InChI=1S/C11H16N2S/c12-10-4-3-8(6-11(10)14)9-2-1-5-13-7-9/h3-4,6,9,13-14H,1-2,5,7,12H2. The molecule has 1 aliphatic rings. The molecule has 1 unspecified atom stereocenters. The van der Waals surface area contributed by atoms with Gasteiger partial charge in [0.05, 0.1) is 0 Å². The van der Waals surface area contributed by atoms with E-state index < -0.39 is 0 Å². The first-order valence-electron chi connectivity index (χ1n) is 5.06. The van der Waals surface area contributed by atoms with Crippen molar-refractivity contribution < 1.29 is 0 Å². The maximum atomic E-state index is 5.73. The maximum Gasteiger partial charge on any atom is 0.0449 e. The van der Waals surface area contributed by atoms with Gasteiger partial charge in [0.2, 0.25) is 0 Å². The molecule has 1 fully saturated rings. The Morgan fingerprint density at radius 2 is 2.29 bits per heavy atom. The predicted octanol–water partition coefficient (Wildman–Crippen LogP) is 2.02. The second kappa shape index (κ2) is 4.24. The first-order valence-corrected chi connectivity index (χ1v) is 5.51. The average molecular weight is 208 g/mol. The van der Waals surface area contributed by atoms with Crippen LogP contribution in [0.5, 0.6) is 0 Å². The molecule has 0 aromatic heterocycles. The topological polar surface area (TPSA) is 38.0 Å². The molecule has 1 atom stereocenters. The van der Waals surface area contributed by atoms with E-state index in [0.29, 0.717) is 5.92 Å². The van der Waals surface area contributed by atoms with Gasteiger partial charge in [0, 0.05) is 17.1 Å². The molecule has 1 aromatic carbocycles. The van der Waals surface area contributed by atoms with Crippen LogP contribution < -0.4 is 11.1 Å². The molecule has 0 spiro atoms. The minimum absolute atomic E-state index is 0.634. The predicted molar refractivity (Wildman–Crippen MR) is 63.0 cm³/mol. The summed E-state index contributed by atoms with van der Waals surface area (Å²) >= 11 is 4.34. The zero-order chi connectivity index (χ0) is 9.97. The third-order valence-corrected chi connectivity index (χ3v) is 3.21. The Labute approximate surface area is 90.3 Å². The molecule has 0 amide bonds. The van der Waals surface area contributed by atoms with Gasteiger partial charge in [-0.3, -0.25) is 0 Å². The van der Waals surface area contributed by atoms with Gasteiger partial charge in [0.25, 0.3) is 0 Å². The lowest BCUT2D eigenvalue weighted by molar-refractivity contribution is 0.461. The first kappa shape index (κ1) is 9.87. The second-order valence-electron chi connectivity index (χ2n) is 3.86. The number of thiol groups is 1. The van der Waals surface area contributed by atoms with E-state index in [0.717, 1.165) is 23.7 Å². The van der Waals surface area contributed by atoms with E-state index in [4.69, 9.17) is 5.73 Å². The van der Waals surface area contributed by atoms with Crippen molar-refractivity contribution in [3.63, 3.8) is 0 Å². The van der Waals surface area contributed by atoms with Gasteiger partial charge in [-0.05, 0) is 43.0 Å². The number of nitrogens with one attached hydrogen (secondary N) is 1. The molecule has 1 heterocycles. The minimum Gasteiger partial charge on any atom is -0.398 e. The average Bonchev–Trinajstić information content (AvgIpc) is 2.23. The number of piperidine rings is 1. The molecule has 1 aromatic rings. The zero-order valence-electron chi connectivity index (χ0n) is 8.16. The third-order valence-electron chi connectivity index (χ3n) is 2.82. The van der Waals surface area contributed by atoms with E-state index in [-0.39, 0.29) is 0 Å². The van der Waals surface area contributed by atoms with E-state index in [2.05, 4.69) is 30.1 Å². The van der Waals surface area contributed by atoms with Gasteiger partial charge >= 0.3 is 0 Å². The maximum absolute atomic E-state index is 5.73. The molecule has 0 aliphatic carbocycles. The molecular formula is C11H16N2S. The normalized spacial score (nSPS) is 22.2. The van der Waals surface area contributed by atoms with E-state index >= 15 is 0 Å². The van der Waals surface area contributed by atoms with Crippen LogP contribution in [0.15, 0.2) is 23.1 Å². The molecule has 0 bridgehead atoms. The van der Waals surface area contributed by atoms with Crippen molar-refractivity contribution in [1.82, 2.24) is 5.32 Å². The number of benzene rings is 1.